The van der Waals surface area contributed by atoms with E-state index in [0.717, 1.165) is 6.54 Å². The Kier molecular flexibility index (Phi) is 2.90. The van der Waals surface area contributed by atoms with Crippen LogP contribution in [0.15, 0.2) is 0 Å². The molecule has 0 aliphatic carbocycles. The van der Waals surface area contributed by atoms with Crippen LogP contribution in [0, 0.1) is 5.92 Å². The molecule has 1 aliphatic rings. The van der Waals surface area contributed by atoms with Gasteiger partial charge in [-0.1, -0.05) is 13.8 Å². The first-order chi connectivity index (χ1) is 5.16. The zero-order chi connectivity index (χ0) is 8.43. The van der Waals surface area contributed by atoms with E-state index in [9.17, 15) is 0 Å². The molecule has 0 bridgehead atoms. The smallest absolute Gasteiger partial charge is 0.0707 e. The van der Waals surface area contributed by atoms with Crippen LogP contribution in [0.2, 0.25) is 0 Å². The largest absolute Gasteiger partial charge is 0.374 e. The summed E-state index contributed by atoms with van der Waals surface area (Å²) in [5.74, 6) is 0.643. The summed E-state index contributed by atoms with van der Waals surface area (Å²) in [6, 6.07) is 0.551. The number of likely N-dealkylation sites (N-methyl/N-ethyl adjacent to an activating group) is 1. The number of rotatable bonds is 2. The quantitative estimate of drug-likeness (QED) is 0.654. The minimum absolute atomic E-state index is 0.375. The van der Waals surface area contributed by atoms with Gasteiger partial charge in [-0.05, 0) is 26.3 Å². The summed E-state index contributed by atoms with van der Waals surface area (Å²) >= 11 is 0. The molecular formula is C9H19NO. The van der Waals surface area contributed by atoms with Crippen molar-refractivity contribution >= 4 is 0 Å². The average molecular weight is 157 g/mol. The Balaban J connectivity index is 2.49. The molecule has 0 radical (unpaired) electrons. The van der Waals surface area contributed by atoms with E-state index in [1.54, 1.807) is 0 Å². The molecule has 3 unspecified atom stereocenters. The zero-order valence-corrected chi connectivity index (χ0v) is 7.92. The molecule has 1 rings (SSSR count). The fourth-order valence-corrected chi connectivity index (χ4v) is 1.85. The van der Waals surface area contributed by atoms with E-state index < -0.39 is 0 Å². The van der Waals surface area contributed by atoms with Gasteiger partial charge in [0.15, 0.2) is 0 Å². The molecule has 0 amide bonds. The maximum atomic E-state index is 5.68. The molecule has 1 N–H and O–H groups in total. The topological polar surface area (TPSA) is 21.3 Å². The molecule has 11 heavy (non-hydrogen) atoms. The minimum Gasteiger partial charge on any atom is -0.374 e. The van der Waals surface area contributed by atoms with E-state index in [1.807, 2.05) is 0 Å². The van der Waals surface area contributed by atoms with Crippen molar-refractivity contribution in [1.82, 2.24) is 5.32 Å². The van der Waals surface area contributed by atoms with Gasteiger partial charge in [0, 0.05) is 6.04 Å². The fourth-order valence-electron chi connectivity index (χ4n) is 1.85. The molecular weight excluding hydrogens is 138 g/mol. The molecule has 1 heterocycles. The van der Waals surface area contributed by atoms with E-state index >= 15 is 0 Å². The van der Waals surface area contributed by atoms with Crippen LogP contribution in [-0.2, 0) is 4.74 Å². The zero-order valence-electron chi connectivity index (χ0n) is 7.92. The first kappa shape index (κ1) is 9.01. The van der Waals surface area contributed by atoms with Crippen LogP contribution in [0.25, 0.3) is 0 Å². The number of nitrogens with one attached hydrogen (secondary N) is 1. The highest BCUT2D eigenvalue weighted by molar-refractivity contribution is 4.88. The highest BCUT2D eigenvalue weighted by Gasteiger charge is 2.35. The van der Waals surface area contributed by atoms with Crippen molar-refractivity contribution < 1.29 is 4.74 Å². The third-order valence-electron chi connectivity index (χ3n) is 2.68. The molecule has 2 heteroatoms. The lowest BCUT2D eigenvalue weighted by Crippen LogP contribution is -2.39. The Bertz CT molecular complexity index is 127. The van der Waals surface area contributed by atoms with Gasteiger partial charge < -0.3 is 10.1 Å². The van der Waals surface area contributed by atoms with Crippen molar-refractivity contribution in [1.29, 1.82) is 0 Å². The molecule has 2 nitrogen and oxygen atoms in total. The summed E-state index contributed by atoms with van der Waals surface area (Å²) in [7, 11) is 0. The maximum Gasteiger partial charge on any atom is 0.0707 e. The van der Waals surface area contributed by atoms with E-state index in [0.29, 0.717) is 24.2 Å². The molecule has 1 fully saturated rings. The van der Waals surface area contributed by atoms with Crippen molar-refractivity contribution in [3.05, 3.63) is 0 Å². The summed E-state index contributed by atoms with van der Waals surface area (Å²) in [5.41, 5.74) is 0. The first-order valence-electron chi connectivity index (χ1n) is 4.55. The lowest BCUT2D eigenvalue weighted by Gasteiger charge is -2.18. The van der Waals surface area contributed by atoms with Crippen LogP contribution in [0.3, 0.4) is 0 Å². The van der Waals surface area contributed by atoms with Crippen LogP contribution in [0.5, 0.6) is 0 Å². The number of hydrogen-bond acceptors (Lipinski definition) is 2. The summed E-state index contributed by atoms with van der Waals surface area (Å²) in [4.78, 5) is 0. The Morgan fingerprint density at radius 3 is 2.18 bits per heavy atom. The van der Waals surface area contributed by atoms with Crippen LogP contribution in [-0.4, -0.2) is 24.8 Å². The monoisotopic (exact) mass is 157 g/mol. The molecule has 0 aromatic rings. The van der Waals surface area contributed by atoms with E-state index in [4.69, 9.17) is 4.74 Å². The van der Waals surface area contributed by atoms with Gasteiger partial charge in [0.05, 0.1) is 12.2 Å². The van der Waals surface area contributed by atoms with Gasteiger partial charge >= 0.3 is 0 Å². The Hall–Kier alpha value is -0.0800. The van der Waals surface area contributed by atoms with Gasteiger partial charge in [0.1, 0.15) is 0 Å². The van der Waals surface area contributed by atoms with Crippen LogP contribution >= 0.6 is 0 Å². The van der Waals surface area contributed by atoms with Gasteiger partial charge in [0.2, 0.25) is 0 Å². The highest BCUT2D eigenvalue weighted by Crippen LogP contribution is 2.25. The van der Waals surface area contributed by atoms with E-state index in [-0.39, 0.29) is 0 Å². The number of hydrogen-bond donors (Lipinski definition) is 1. The minimum atomic E-state index is 0.375. The number of ether oxygens (including phenoxy) is 1. The summed E-state index contributed by atoms with van der Waals surface area (Å²) in [6.07, 6.45) is 0.786. The lowest BCUT2D eigenvalue weighted by atomic mass is 9.97. The summed E-state index contributed by atoms with van der Waals surface area (Å²) < 4.78 is 5.68. The molecule has 66 valence electrons. The SMILES string of the molecule is CCNC1C(C)O[C@@H](C)C1C. The first-order valence-corrected chi connectivity index (χ1v) is 4.55. The van der Waals surface area contributed by atoms with Gasteiger partial charge in [0.25, 0.3) is 0 Å². The fraction of sp³-hybridized carbons (Fsp3) is 1.00. The molecule has 0 aromatic carbocycles. The Labute approximate surface area is 69.3 Å². The van der Waals surface area contributed by atoms with Crippen LogP contribution < -0.4 is 5.32 Å². The molecule has 4 atom stereocenters. The van der Waals surface area contributed by atoms with Gasteiger partial charge in [-0.2, -0.15) is 0 Å². The van der Waals surface area contributed by atoms with Gasteiger partial charge in [-0.25, -0.2) is 0 Å². The molecule has 1 saturated heterocycles. The van der Waals surface area contributed by atoms with Gasteiger partial charge in [-0.15, -0.1) is 0 Å². The molecule has 0 saturated carbocycles. The predicted molar refractivity (Wildman–Crippen MR) is 46.6 cm³/mol. The third-order valence-corrected chi connectivity index (χ3v) is 2.68. The third kappa shape index (κ3) is 1.74. The highest BCUT2D eigenvalue weighted by atomic mass is 16.5. The van der Waals surface area contributed by atoms with Crippen molar-refractivity contribution in [3.8, 4) is 0 Å². The molecule has 0 spiro atoms. The lowest BCUT2D eigenvalue weighted by molar-refractivity contribution is 0.0542. The van der Waals surface area contributed by atoms with Crippen molar-refractivity contribution in [2.24, 2.45) is 5.92 Å². The van der Waals surface area contributed by atoms with Crippen molar-refractivity contribution in [2.45, 2.75) is 45.9 Å². The second-order valence-electron chi connectivity index (χ2n) is 3.49. The normalized spacial score (nSPS) is 44.7. The van der Waals surface area contributed by atoms with Crippen molar-refractivity contribution in [2.75, 3.05) is 6.54 Å². The predicted octanol–water partition coefficient (Wildman–Crippen LogP) is 1.41. The average Bonchev–Trinajstić information content (AvgIpc) is 2.17. The Morgan fingerprint density at radius 2 is 1.82 bits per heavy atom. The summed E-state index contributed by atoms with van der Waals surface area (Å²) in [6.45, 7) is 9.73. The van der Waals surface area contributed by atoms with E-state index in [2.05, 4.69) is 33.0 Å². The maximum absolute atomic E-state index is 5.68. The second kappa shape index (κ2) is 3.55. The van der Waals surface area contributed by atoms with E-state index in [1.165, 1.54) is 0 Å². The second-order valence-corrected chi connectivity index (χ2v) is 3.49. The van der Waals surface area contributed by atoms with Crippen molar-refractivity contribution in [3.63, 3.8) is 0 Å². The van der Waals surface area contributed by atoms with Crippen LogP contribution in [0.1, 0.15) is 27.7 Å². The Morgan fingerprint density at radius 1 is 1.18 bits per heavy atom. The van der Waals surface area contributed by atoms with Crippen LogP contribution in [0.4, 0.5) is 0 Å². The summed E-state index contributed by atoms with van der Waals surface area (Å²) in [5, 5.41) is 3.45. The molecule has 0 aromatic heterocycles. The van der Waals surface area contributed by atoms with Gasteiger partial charge in [-0.3, -0.25) is 0 Å². The molecule has 1 aliphatic heterocycles. The standard InChI is InChI=1S/C9H19NO/c1-5-10-9-6(2)7(3)11-8(9)4/h6-10H,5H2,1-4H3/t6?,7-,8?,9?/m0/s1.